The van der Waals surface area contributed by atoms with Gasteiger partial charge in [0.2, 0.25) is 0 Å². The van der Waals surface area contributed by atoms with Crippen LogP contribution in [0.3, 0.4) is 0 Å². The number of ether oxygens (including phenoxy) is 4. The van der Waals surface area contributed by atoms with E-state index in [1.807, 2.05) is 0 Å². The molecule has 0 aliphatic heterocycles. The minimum atomic E-state index is -4.95. The van der Waals surface area contributed by atoms with Crippen LogP contribution in [0.5, 0.6) is 0 Å². The quantitative estimate of drug-likeness (QED) is 0.0222. The Hall–Kier alpha value is -1.94. The molecule has 0 saturated carbocycles. The Kier molecular flexibility index (Phi) is 60.8. The number of rotatable bonds is 69. The summed E-state index contributed by atoms with van der Waals surface area (Å²) < 4.78 is 68.2. The van der Waals surface area contributed by atoms with Crippen LogP contribution < -0.4 is 0 Å². The Morgan fingerprint density at radius 3 is 0.764 bits per heavy atom. The van der Waals surface area contributed by atoms with Crippen LogP contribution in [0.1, 0.15) is 356 Å². The minimum absolute atomic E-state index is 0.106. The maximum atomic E-state index is 13.0. The monoisotopic (exact) mass is 1310 g/mol. The van der Waals surface area contributed by atoms with Gasteiger partial charge in [0, 0.05) is 25.7 Å². The lowest BCUT2D eigenvalue weighted by Gasteiger charge is -2.21. The lowest BCUT2D eigenvalue weighted by molar-refractivity contribution is -0.161. The third-order valence-corrected chi connectivity index (χ3v) is 18.1. The van der Waals surface area contributed by atoms with E-state index in [-0.39, 0.29) is 25.7 Å². The average Bonchev–Trinajstić information content (AvgIpc) is 3.71. The number of hydrogen-bond acceptors (Lipinski definition) is 15. The Labute approximate surface area is 543 Å². The summed E-state index contributed by atoms with van der Waals surface area (Å²) in [5.41, 5.74) is 0. The molecule has 5 atom stereocenters. The second-order valence-corrected chi connectivity index (χ2v) is 29.1. The van der Waals surface area contributed by atoms with E-state index < -0.39 is 97.5 Å². The molecule has 89 heavy (non-hydrogen) atoms. The minimum Gasteiger partial charge on any atom is -0.462 e. The maximum Gasteiger partial charge on any atom is 0.472 e. The number of aliphatic hydroxyl groups is 1. The summed E-state index contributed by atoms with van der Waals surface area (Å²) in [5.74, 6) is -0.576. The van der Waals surface area contributed by atoms with Gasteiger partial charge in [-0.05, 0) is 37.5 Å². The van der Waals surface area contributed by atoms with E-state index in [4.69, 9.17) is 37.0 Å². The summed E-state index contributed by atoms with van der Waals surface area (Å²) in [7, 11) is -9.89. The van der Waals surface area contributed by atoms with Crippen molar-refractivity contribution in [1.29, 1.82) is 0 Å². The number of esters is 4. The first-order chi connectivity index (χ1) is 42.9. The van der Waals surface area contributed by atoms with E-state index in [1.165, 1.54) is 161 Å². The molecule has 0 radical (unpaired) electrons. The molecule has 0 bridgehead atoms. The number of hydrogen-bond donors (Lipinski definition) is 3. The third kappa shape index (κ3) is 64.6. The van der Waals surface area contributed by atoms with Gasteiger partial charge in [0.25, 0.3) is 0 Å². The summed E-state index contributed by atoms with van der Waals surface area (Å²) in [4.78, 5) is 72.4. The van der Waals surface area contributed by atoms with Crippen LogP contribution in [0.2, 0.25) is 0 Å². The number of aliphatic hydroxyl groups excluding tert-OH is 1. The van der Waals surface area contributed by atoms with E-state index >= 15 is 0 Å². The summed E-state index contributed by atoms with van der Waals surface area (Å²) in [6.45, 7) is 9.52. The highest BCUT2D eigenvalue weighted by Gasteiger charge is 2.30. The van der Waals surface area contributed by atoms with Crippen molar-refractivity contribution in [2.45, 2.75) is 374 Å². The van der Waals surface area contributed by atoms with Gasteiger partial charge in [-0.1, -0.05) is 305 Å². The second-order valence-electron chi connectivity index (χ2n) is 26.2. The first-order valence-electron chi connectivity index (χ1n) is 36.5. The van der Waals surface area contributed by atoms with Crippen LogP contribution in [0.4, 0.5) is 0 Å². The summed E-state index contributed by atoms with van der Waals surface area (Å²) in [6, 6.07) is 0. The molecule has 0 aromatic carbocycles. The van der Waals surface area contributed by atoms with Gasteiger partial charge in [-0.25, -0.2) is 9.13 Å². The summed E-state index contributed by atoms with van der Waals surface area (Å²) in [5, 5.41) is 10.6. The molecule has 528 valence electrons. The lowest BCUT2D eigenvalue weighted by Crippen LogP contribution is -2.30. The van der Waals surface area contributed by atoms with E-state index in [1.54, 1.807) is 0 Å². The molecule has 0 heterocycles. The van der Waals surface area contributed by atoms with Gasteiger partial charge < -0.3 is 33.8 Å². The van der Waals surface area contributed by atoms with Gasteiger partial charge in [0.15, 0.2) is 12.2 Å². The Morgan fingerprint density at radius 1 is 0.303 bits per heavy atom. The zero-order chi connectivity index (χ0) is 65.7. The topological polar surface area (TPSA) is 237 Å². The van der Waals surface area contributed by atoms with Gasteiger partial charge in [0.1, 0.15) is 19.3 Å². The molecule has 0 aromatic heterocycles. The van der Waals surface area contributed by atoms with Crippen LogP contribution in [-0.2, 0) is 65.4 Å². The fraction of sp³-hybridized carbons (Fsp3) is 0.943. The van der Waals surface area contributed by atoms with Gasteiger partial charge in [-0.2, -0.15) is 0 Å². The SMILES string of the molecule is CCCCCCCCCCCCCC(=O)O[C@H](COC(=O)CCCCCCCCC)COP(=O)(O)OC[C@H](O)COP(=O)(O)OC[C@@H](COC(=O)CCCCCCCCCCCC(C)C)OC(=O)CCCCCCCCCCCCCCCCCCC(C)C. The predicted octanol–water partition coefficient (Wildman–Crippen LogP) is 20.0. The first kappa shape index (κ1) is 87.1. The highest BCUT2D eigenvalue weighted by atomic mass is 31.2. The second kappa shape index (κ2) is 62.2. The van der Waals surface area contributed by atoms with E-state index in [2.05, 4.69) is 41.5 Å². The molecule has 2 unspecified atom stereocenters. The zero-order valence-electron chi connectivity index (χ0n) is 57.7. The summed E-state index contributed by atoms with van der Waals surface area (Å²) >= 11 is 0. The molecule has 0 amide bonds. The van der Waals surface area contributed by atoms with Crippen LogP contribution in [-0.4, -0.2) is 96.7 Å². The van der Waals surface area contributed by atoms with Gasteiger partial charge in [-0.3, -0.25) is 37.3 Å². The fourth-order valence-electron chi connectivity index (χ4n) is 10.6. The fourth-order valence-corrected chi connectivity index (χ4v) is 12.2. The Morgan fingerprint density at radius 2 is 0.517 bits per heavy atom. The zero-order valence-corrected chi connectivity index (χ0v) is 59.5. The van der Waals surface area contributed by atoms with E-state index in [0.29, 0.717) is 25.7 Å². The van der Waals surface area contributed by atoms with E-state index in [0.717, 1.165) is 115 Å². The van der Waals surface area contributed by atoms with Gasteiger partial charge in [-0.15, -0.1) is 0 Å². The van der Waals surface area contributed by atoms with Crippen molar-refractivity contribution < 1.29 is 80.2 Å². The third-order valence-electron chi connectivity index (χ3n) is 16.2. The number of carbonyl (C=O) groups excluding carboxylic acids is 4. The van der Waals surface area contributed by atoms with Crippen molar-refractivity contribution in [2.75, 3.05) is 39.6 Å². The normalized spacial score (nSPS) is 14.1. The first-order valence-corrected chi connectivity index (χ1v) is 39.5. The molecule has 0 spiro atoms. The molecule has 0 rings (SSSR count). The highest BCUT2D eigenvalue weighted by Crippen LogP contribution is 2.45. The van der Waals surface area contributed by atoms with Crippen molar-refractivity contribution in [2.24, 2.45) is 11.8 Å². The number of phosphoric acid groups is 2. The average molecular weight is 1310 g/mol. The predicted molar refractivity (Wildman–Crippen MR) is 358 cm³/mol. The molecule has 0 aliphatic rings. The molecule has 0 aliphatic carbocycles. The molecule has 0 aromatic rings. The van der Waals surface area contributed by atoms with Crippen molar-refractivity contribution in [1.82, 2.24) is 0 Å². The molecule has 17 nitrogen and oxygen atoms in total. The van der Waals surface area contributed by atoms with Gasteiger partial charge >= 0.3 is 39.5 Å². The van der Waals surface area contributed by atoms with Crippen LogP contribution in [0.25, 0.3) is 0 Å². The maximum absolute atomic E-state index is 13.0. The van der Waals surface area contributed by atoms with Crippen molar-refractivity contribution in [3.63, 3.8) is 0 Å². The van der Waals surface area contributed by atoms with Crippen LogP contribution in [0.15, 0.2) is 0 Å². The van der Waals surface area contributed by atoms with Crippen LogP contribution >= 0.6 is 15.6 Å². The molecule has 0 fully saturated rings. The number of phosphoric ester groups is 2. The molecular weight excluding hydrogens is 1170 g/mol. The molecule has 0 saturated heterocycles. The Balaban J connectivity index is 5.17. The largest absolute Gasteiger partial charge is 0.472 e. The molecule has 19 heteroatoms. The Bertz CT molecular complexity index is 1730. The van der Waals surface area contributed by atoms with Crippen LogP contribution in [0, 0.1) is 11.8 Å². The van der Waals surface area contributed by atoms with Crippen molar-refractivity contribution in [3.05, 3.63) is 0 Å². The van der Waals surface area contributed by atoms with Crippen molar-refractivity contribution >= 4 is 39.5 Å². The highest BCUT2D eigenvalue weighted by molar-refractivity contribution is 7.47. The van der Waals surface area contributed by atoms with E-state index in [9.17, 15) is 43.2 Å². The molecular formula is C70H136O17P2. The number of unbranched alkanes of at least 4 members (excludes halogenated alkanes) is 39. The standard InChI is InChI=1S/C70H136O17P2/c1-7-9-11-13-15-16-23-29-36-42-48-54-69(74)86-65(58-80-67(72)52-46-40-32-14-12-10-8-2)60-84-88(76,77)82-56-64(71)57-83-89(78,79)85-61-66(59-81-68(73)53-47-41-35-31-26-28-34-39-45-51-63(5)6)87-70(75)55-49-43-37-30-25-22-20-18-17-19-21-24-27-33-38-44-50-62(3)4/h62-66,71H,7-61H2,1-6H3,(H,76,77)(H,78,79)/t64-,65+,66+/m0/s1. The lowest BCUT2D eigenvalue weighted by atomic mass is 10.0. The smallest absolute Gasteiger partial charge is 0.462 e. The van der Waals surface area contributed by atoms with Crippen molar-refractivity contribution in [3.8, 4) is 0 Å². The number of carbonyl (C=O) groups is 4. The van der Waals surface area contributed by atoms with Gasteiger partial charge in [0.05, 0.1) is 26.4 Å². The summed E-state index contributed by atoms with van der Waals surface area (Å²) in [6.07, 6.45) is 47.3. The molecule has 3 N–H and O–H groups in total.